The highest BCUT2D eigenvalue weighted by Crippen LogP contribution is 2.67. The van der Waals surface area contributed by atoms with E-state index in [0.717, 1.165) is 37.0 Å². The number of hydrogen-bond donors (Lipinski definition) is 2. The van der Waals surface area contributed by atoms with Crippen molar-refractivity contribution in [2.24, 2.45) is 40.4 Å². The van der Waals surface area contributed by atoms with E-state index in [-0.39, 0.29) is 7.43 Å². The van der Waals surface area contributed by atoms with E-state index in [1.54, 1.807) is 0 Å². The summed E-state index contributed by atoms with van der Waals surface area (Å²) in [5.74, 6) is 2.73. The zero-order valence-electron chi connectivity index (χ0n) is 19.6. The summed E-state index contributed by atoms with van der Waals surface area (Å²) in [5, 5.41) is 20.7. The number of hydrogen-bond acceptors (Lipinski definition) is 3. The summed E-state index contributed by atoms with van der Waals surface area (Å²) in [6.45, 7) is 12.0. The van der Waals surface area contributed by atoms with Gasteiger partial charge < -0.3 is 14.9 Å². The van der Waals surface area contributed by atoms with Crippen LogP contribution in [-0.4, -0.2) is 29.2 Å². The third-order valence-corrected chi connectivity index (χ3v) is 9.51. The number of aliphatic hydroxyl groups is 2. The van der Waals surface area contributed by atoms with Crippen molar-refractivity contribution in [3.8, 4) is 12.8 Å². The normalized spacial score (nSPS) is 46.4. The molecule has 4 aliphatic carbocycles. The Labute approximate surface area is 187 Å². The van der Waals surface area contributed by atoms with Crippen LogP contribution in [-0.2, 0) is 4.74 Å². The van der Waals surface area contributed by atoms with E-state index in [0.29, 0.717) is 35.9 Å². The van der Waals surface area contributed by atoms with E-state index < -0.39 is 5.79 Å². The van der Waals surface area contributed by atoms with Crippen LogP contribution >= 0.6 is 0 Å². The van der Waals surface area contributed by atoms with Gasteiger partial charge in [0.1, 0.15) is 0 Å². The van der Waals surface area contributed by atoms with Crippen molar-refractivity contribution in [1.82, 2.24) is 0 Å². The van der Waals surface area contributed by atoms with Gasteiger partial charge >= 0.3 is 0 Å². The van der Waals surface area contributed by atoms with Crippen molar-refractivity contribution in [2.45, 2.75) is 106 Å². The standard InChI is InChI=1S/C22H38O3.C2H6.C2H2.CH4/c1-4-25-22(24)12-11-21(3)15(13-22)5-7-17-18-8-6-16(14-23)20(18,2)10-9-19(17)21;2*1-2;/h15-19,23-24H,4-14H2,1-3H3;1-2H3;1-2H;1H4/t15?,16?,17-,18?,19?,20+,21-,22?;;;/m0.../s1. The minimum absolute atomic E-state index is 0. The first-order valence-electron chi connectivity index (χ1n) is 12.2. The molecule has 4 aliphatic rings. The molecule has 0 saturated heterocycles. The third-order valence-electron chi connectivity index (χ3n) is 9.51. The molecule has 4 saturated carbocycles. The fourth-order valence-electron chi connectivity index (χ4n) is 8.02. The Balaban J connectivity index is 0.000000851. The van der Waals surface area contributed by atoms with Gasteiger partial charge in [-0.05, 0) is 92.3 Å². The Bertz CT molecular complexity index is 545. The van der Waals surface area contributed by atoms with Crippen LogP contribution in [0.3, 0.4) is 0 Å². The van der Waals surface area contributed by atoms with Gasteiger partial charge in [0.25, 0.3) is 0 Å². The second kappa shape index (κ2) is 10.8. The molecule has 0 amide bonds. The van der Waals surface area contributed by atoms with Crippen molar-refractivity contribution in [3.63, 3.8) is 0 Å². The molecule has 4 rings (SSSR count). The third kappa shape index (κ3) is 4.48. The largest absolute Gasteiger partial charge is 0.396 e. The number of fused-ring (bicyclic) bond motifs is 5. The molecule has 4 fully saturated rings. The van der Waals surface area contributed by atoms with Gasteiger partial charge in [0.05, 0.1) is 0 Å². The summed E-state index contributed by atoms with van der Waals surface area (Å²) in [4.78, 5) is 0. The maximum Gasteiger partial charge on any atom is 0.165 e. The van der Waals surface area contributed by atoms with Gasteiger partial charge in [-0.1, -0.05) is 35.1 Å². The topological polar surface area (TPSA) is 49.7 Å². The first-order valence-corrected chi connectivity index (χ1v) is 12.2. The fraction of sp³-hybridized carbons (Fsp3) is 0.926. The van der Waals surface area contributed by atoms with E-state index in [2.05, 4.69) is 26.7 Å². The van der Waals surface area contributed by atoms with E-state index in [1.807, 2.05) is 20.8 Å². The van der Waals surface area contributed by atoms with Crippen LogP contribution in [0.5, 0.6) is 0 Å². The molecule has 0 aromatic heterocycles. The Morgan fingerprint density at radius 3 is 2.13 bits per heavy atom. The molecule has 0 bridgehead atoms. The Hall–Kier alpha value is -0.560. The average molecular weight is 423 g/mol. The molecule has 3 nitrogen and oxygen atoms in total. The Morgan fingerprint density at radius 1 is 0.900 bits per heavy atom. The summed E-state index contributed by atoms with van der Waals surface area (Å²) < 4.78 is 5.74. The zero-order valence-corrected chi connectivity index (χ0v) is 19.6. The highest BCUT2D eigenvalue weighted by Gasteiger charge is 2.61. The maximum atomic E-state index is 10.8. The molecule has 0 heterocycles. The molecule has 0 aromatic rings. The first kappa shape index (κ1) is 27.5. The summed E-state index contributed by atoms with van der Waals surface area (Å²) in [6, 6.07) is 0. The van der Waals surface area contributed by atoms with Crippen LogP contribution < -0.4 is 0 Å². The zero-order chi connectivity index (χ0) is 21.9. The Kier molecular flexibility index (Phi) is 9.93. The fourth-order valence-corrected chi connectivity index (χ4v) is 8.02. The van der Waals surface area contributed by atoms with Crippen molar-refractivity contribution in [2.75, 3.05) is 13.2 Å². The SMILES string of the molecule is C.C#C.CC.CCOC1(O)CC[C@@]2(C)C(CC[C@@H]3C2CC[C@]2(C)C(CO)CCC32)C1. The predicted molar refractivity (Wildman–Crippen MR) is 127 cm³/mol. The van der Waals surface area contributed by atoms with Gasteiger partial charge in [-0.2, -0.15) is 0 Å². The van der Waals surface area contributed by atoms with Gasteiger partial charge in [0, 0.05) is 26.1 Å². The first-order chi connectivity index (χ1) is 13.9. The molecule has 176 valence electrons. The number of rotatable bonds is 3. The molecule has 0 aromatic carbocycles. The van der Waals surface area contributed by atoms with Crippen LogP contribution in [0.2, 0.25) is 0 Å². The molecule has 8 atom stereocenters. The minimum Gasteiger partial charge on any atom is -0.396 e. The van der Waals surface area contributed by atoms with Crippen LogP contribution in [0, 0.1) is 53.3 Å². The van der Waals surface area contributed by atoms with Crippen molar-refractivity contribution >= 4 is 0 Å². The van der Waals surface area contributed by atoms with E-state index in [4.69, 9.17) is 4.74 Å². The second-order valence-corrected chi connectivity index (χ2v) is 10.2. The molecular weight excluding hydrogens is 372 g/mol. The van der Waals surface area contributed by atoms with Crippen molar-refractivity contribution in [1.29, 1.82) is 0 Å². The molecule has 5 unspecified atom stereocenters. The summed E-state index contributed by atoms with van der Waals surface area (Å²) in [5.41, 5.74) is 0.755. The van der Waals surface area contributed by atoms with Crippen LogP contribution in [0.15, 0.2) is 0 Å². The Morgan fingerprint density at radius 2 is 1.53 bits per heavy atom. The number of ether oxygens (including phenoxy) is 1. The summed E-state index contributed by atoms with van der Waals surface area (Å²) >= 11 is 0. The quantitative estimate of drug-likeness (QED) is 0.416. The van der Waals surface area contributed by atoms with Crippen molar-refractivity contribution in [3.05, 3.63) is 0 Å². The van der Waals surface area contributed by atoms with Gasteiger partial charge in [0.2, 0.25) is 0 Å². The minimum atomic E-state index is -0.871. The molecule has 0 spiro atoms. The second-order valence-electron chi connectivity index (χ2n) is 10.2. The van der Waals surface area contributed by atoms with Gasteiger partial charge in [-0.25, -0.2) is 0 Å². The average Bonchev–Trinajstić information content (AvgIpc) is 3.08. The molecule has 0 aliphatic heterocycles. The van der Waals surface area contributed by atoms with E-state index >= 15 is 0 Å². The monoisotopic (exact) mass is 422 g/mol. The van der Waals surface area contributed by atoms with Gasteiger partial charge in [-0.3, -0.25) is 0 Å². The van der Waals surface area contributed by atoms with Crippen molar-refractivity contribution < 1.29 is 14.9 Å². The summed E-state index contributed by atoms with van der Waals surface area (Å²) in [7, 11) is 0. The molecule has 2 N–H and O–H groups in total. The molecule has 3 heteroatoms. The number of aliphatic hydroxyl groups excluding tert-OH is 1. The van der Waals surface area contributed by atoms with E-state index in [1.165, 1.54) is 38.5 Å². The molecule has 0 radical (unpaired) electrons. The van der Waals surface area contributed by atoms with Crippen LogP contribution in [0.25, 0.3) is 0 Å². The van der Waals surface area contributed by atoms with Crippen LogP contribution in [0.4, 0.5) is 0 Å². The van der Waals surface area contributed by atoms with E-state index in [9.17, 15) is 10.2 Å². The highest BCUT2D eigenvalue weighted by molar-refractivity contribution is 5.09. The van der Waals surface area contributed by atoms with Gasteiger partial charge in [0.15, 0.2) is 5.79 Å². The highest BCUT2D eigenvalue weighted by atomic mass is 16.6. The smallest absolute Gasteiger partial charge is 0.165 e. The van der Waals surface area contributed by atoms with Crippen LogP contribution in [0.1, 0.15) is 99.8 Å². The lowest BCUT2D eigenvalue weighted by Crippen LogP contribution is -2.56. The molecule has 30 heavy (non-hydrogen) atoms. The lowest BCUT2D eigenvalue weighted by molar-refractivity contribution is -0.257. The maximum absolute atomic E-state index is 10.8. The predicted octanol–water partition coefficient (Wildman–Crippen LogP) is 6.27. The summed E-state index contributed by atoms with van der Waals surface area (Å²) in [6.07, 6.45) is 18.5. The lowest BCUT2D eigenvalue weighted by Gasteiger charge is -2.61. The lowest BCUT2D eigenvalue weighted by atomic mass is 9.44. The number of terminal acetylenes is 1. The molecular formula is C27H50O3. The van der Waals surface area contributed by atoms with Gasteiger partial charge in [-0.15, -0.1) is 12.8 Å².